The molecule has 1 aliphatic heterocycles. The molecule has 4 nitrogen and oxygen atoms in total. The van der Waals surface area contributed by atoms with E-state index in [4.69, 9.17) is 0 Å². The van der Waals surface area contributed by atoms with Gasteiger partial charge in [-0.1, -0.05) is 56.2 Å². The number of fused-ring (bicyclic) bond motifs is 1. The van der Waals surface area contributed by atoms with Gasteiger partial charge < -0.3 is 10.2 Å². The van der Waals surface area contributed by atoms with Crippen molar-refractivity contribution < 1.29 is 9.59 Å². The molecule has 0 aromatic heterocycles. The van der Waals surface area contributed by atoms with E-state index in [0.717, 1.165) is 25.8 Å². The highest BCUT2D eigenvalue weighted by Crippen LogP contribution is 2.31. The lowest BCUT2D eigenvalue weighted by Gasteiger charge is -2.36. The summed E-state index contributed by atoms with van der Waals surface area (Å²) >= 11 is 0. The van der Waals surface area contributed by atoms with Crippen molar-refractivity contribution in [2.75, 3.05) is 6.54 Å². The molecular formula is C24H32N2O2. The van der Waals surface area contributed by atoms with Crippen LogP contribution in [-0.4, -0.2) is 29.3 Å². The van der Waals surface area contributed by atoms with Gasteiger partial charge in [0.2, 0.25) is 11.8 Å². The summed E-state index contributed by atoms with van der Waals surface area (Å²) in [4.78, 5) is 28.4. The van der Waals surface area contributed by atoms with Gasteiger partial charge in [-0.05, 0) is 49.1 Å². The van der Waals surface area contributed by atoms with E-state index in [9.17, 15) is 9.59 Å². The molecule has 1 N–H and O–H groups in total. The SMILES string of the molecule is CC1CCCC(NC(=O)C2CC=CCC2C(=O)N2CCc3ccccc3C2)C1. The van der Waals surface area contributed by atoms with Crippen LogP contribution in [0, 0.1) is 17.8 Å². The van der Waals surface area contributed by atoms with Crippen LogP contribution in [0.3, 0.4) is 0 Å². The lowest BCUT2D eigenvalue weighted by molar-refractivity contribution is -0.143. The molecule has 0 radical (unpaired) electrons. The van der Waals surface area contributed by atoms with Crippen LogP contribution < -0.4 is 5.32 Å². The van der Waals surface area contributed by atoms with E-state index in [0.29, 0.717) is 25.3 Å². The number of hydrogen-bond acceptors (Lipinski definition) is 2. The van der Waals surface area contributed by atoms with Crippen LogP contribution in [-0.2, 0) is 22.6 Å². The molecule has 1 fully saturated rings. The van der Waals surface area contributed by atoms with Crippen molar-refractivity contribution in [1.29, 1.82) is 0 Å². The van der Waals surface area contributed by atoms with Gasteiger partial charge in [0.05, 0.1) is 11.8 Å². The van der Waals surface area contributed by atoms with Crippen LogP contribution in [0.5, 0.6) is 0 Å². The Morgan fingerprint density at radius 1 is 1.04 bits per heavy atom. The number of rotatable bonds is 3. The Bertz CT molecular complexity index is 757. The van der Waals surface area contributed by atoms with E-state index in [-0.39, 0.29) is 29.7 Å². The van der Waals surface area contributed by atoms with Crippen molar-refractivity contribution in [3.63, 3.8) is 0 Å². The molecule has 1 heterocycles. The van der Waals surface area contributed by atoms with Crippen molar-refractivity contribution in [3.05, 3.63) is 47.5 Å². The van der Waals surface area contributed by atoms with Crippen LogP contribution in [0.4, 0.5) is 0 Å². The Balaban J connectivity index is 1.43. The predicted octanol–water partition coefficient (Wildman–Crippen LogP) is 3.85. The number of nitrogens with zero attached hydrogens (tertiary/aromatic N) is 1. The minimum atomic E-state index is -0.230. The van der Waals surface area contributed by atoms with Crippen LogP contribution in [0.15, 0.2) is 36.4 Å². The molecule has 0 bridgehead atoms. The zero-order valence-corrected chi connectivity index (χ0v) is 16.9. The van der Waals surface area contributed by atoms with Gasteiger partial charge in [-0.25, -0.2) is 0 Å². The molecule has 4 rings (SSSR count). The summed E-state index contributed by atoms with van der Waals surface area (Å²) in [6, 6.07) is 8.65. The van der Waals surface area contributed by atoms with Crippen molar-refractivity contribution in [2.24, 2.45) is 17.8 Å². The molecule has 2 aliphatic carbocycles. The maximum Gasteiger partial charge on any atom is 0.227 e. The van der Waals surface area contributed by atoms with Crippen molar-refractivity contribution in [1.82, 2.24) is 10.2 Å². The normalized spacial score (nSPS) is 29.8. The van der Waals surface area contributed by atoms with Crippen molar-refractivity contribution in [2.45, 2.75) is 64.5 Å². The molecule has 3 aliphatic rings. The van der Waals surface area contributed by atoms with Gasteiger partial charge in [-0.2, -0.15) is 0 Å². The van der Waals surface area contributed by atoms with E-state index >= 15 is 0 Å². The van der Waals surface area contributed by atoms with E-state index in [1.807, 2.05) is 11.0 Å². The Hall–Kier alpha value is -2.10. The lowest BCUT2D eigenvalue weighted by Crippen LogP contribution is -2.48. The molecule has 150 valence electrons. The fourth-order valence-corrected chi connectivity index (χ4v) is 5.17. The predicted molar refractivity (Wildman–Crippen MR) is 110 cm³/mol. The standard InChI is InChI=1S/C24H32N2O2/c1-17-7-6-10-20(15-17)25-23(27)21-11-4-5-12-22(21)24(28)26-14-13-18-8-2-3-9-19(18)16-26/h2-5,8-9,17,20-22H,6-7,10-16H2,1H3,(H,25,27). The fraction of sp³-hybridized carbons (Fsp3) is 0.583. The van der Waals surface area contributed by atoms with Gasteiger partial charge in [0, 0.05) is 19.1 Å². The monoisotopic (exact) mass is 380 g/mol. The molecule has 0 spiro atoms. The highest BCUT2D eigenvalue weighted by Gasteiger charge is 2.38. The van der Waals surface area contributed by atoms with Crippen molar-refractivity contribution in [3.8, 4) is 0 Å². The zero-order valence-electron chi connectivity index (χ0n) is 16.9. The molecule has 4 unspecified atom stereocenters. The largest absolute Gasteiger partial charge is 0.353 e. The van der Waals surface area contributed by atoms with Gasteiger partial charge >= 0.3 is 0 Å². The minimum absolute atomic E-state index is 0.0826. The summed E-state index contributed by atoms with van der Waals surface area (Å²) in [5, 5.41) is 3.28. The summed E-state index contributed by atoms with van der Waals surface area (Å²) in [7, 11) is 0. The first-order valence-corrected chi connectivity index (χ1v) is 10.9. The quantitative estimate of drug-likeness (QED) is 0.810. The van der Waals surface area contributed by atoms with Gasteiger partial charge in [0.15, 0.2) is 0 Å². The molecular weight excluding hydrogens is 348 g/mol. The van der Waals surface area contributed by atoms with Gasteiger partial charge in [-0.3, -0.25) is 9.59 Å². The molecule has 1 saturated carbocycles. The number of amides is 2. The summed E-state index contributed by atoms with van der Waals surface area (Å²) in [5.41, 5.74) is 2.58. The second kappa shape index (κ2) is 8.50. The van der Waals surface area contributed by atoms with Crippen molar-refractivity contribution >= 4 is 11.8 Å². The highest BCUT2D eigenvalue weighted by molar-refractivity contribution is 5.88. The minimum Gasteiger partial charge on any atom is -0.353 e. The average Bonchev–Trinajstić information content (AvgIpc) is 2.73. The number of nitrogens with one attached hydrogen (secondary N) is 1. The molecule has 28 heavy (non-hydrogen) atoms. The highest BCUT2D eigenvalue weighted by atomic mass is 16.2. The van der Waals surface area contributed by atoms with Crippen LogP contribution in [0.1, 0.15) is 56.6 Å². The molecule has 1 aromatic rings. The topological polar surface area (TPSA) is 49.4 Å². The van der Waals surface area contributed by atoms with Crippen LogP contribution in [0.25, 0.3) is 0 Å². The number of hydrogen-bond donors (Lipinski definition) is 1. The smallest absolute Gasteiger partial charge is 0.227 e. The van der Waals surface area contributed by atoms with Crippen LogP contribution in [0.2, 0.25) is 0 Å². The number of allylic oxidation sites excluding steroid dienone is 2. The number of carbonyl (C=O) groups excluding carboxylic acids is 2. The summed E-state index contributed by atoms with van der Waals surface area (Å²) < 4.78 is 0. The average molecular weight is 381 g/mol. The van der Waals surface area contributed by atoms with Crippen LogP contribution >= 0.6 is 0 Å². The maximum atomic E-state index is 13.3. The first-order chi connectivity index (χ1) is 13.6. The molecule has 4 atom stereocenters. The first-order valence-electron chi connectivity index (χ1n) is 10.9. The molecule has 4 heteroatoms. The number of benzene rings is 1. The second-order valence-corrected chi connectivity index (χ2v) is 8.91. The first kappa shape index (κ1) is 19.2. The Kier molecular flexibility index (Phi) is 5.84. The Labute approximate surface area is 168 Å². The van der Waals surface area contributed by atoms with Gasteiger partial charge in [-0.15, -0.1) is 0 Å². The Morgan fingerprint density at radius 3 is 2.57 bits per heavy atom. The molecule has 1 aromatic carbocycles. The summed E-state index contributed by atoms with van der Waals surface area (Å²) in [5.74, 6) is 0.453. The van der Waals surface area contributed by atoms with E-state index < -0.39 is 0 Å². The summed E-state index contributed by atoms with van der Waals surface area (Å²) in [6.45, 7) is 3.69. The third-order valence-corrected chi connectivity index (χ3v) is 6.81. The van der Waals surface area contributed by atoms with E-state index in [2.05, 4.69) is 42.6 Å². The number of carbonyl (C=O) groups is 2. The van der Waals surface area contributed by atoms with E-state index in [1.165, 1.54) is 24.0 Å². The Morgan fingerprint density at radius 2 is 1.79 bits per heavy atom. The maximum absolute atomic E-state index is 13.3. The summed E-state index contributed by atoms with van der Waals surface area (Å²) in [6.07, 6.45) is 11.0. The third kappa shape index (κ3) is 4.16. The zero-order chi connectivity index (χ0) is 19.5. The second-order valence-electron chi connectivity index (χ2n) is 8.91. The lowest BCUT2D eigenvalue weighted by atomic mass is 9.80. The fourth-order valence-electron chi connectivity index (χ4n) is 5.17. The molecule has 0 saturated heterocycles. The third-order valence-electron chi connectivity index (χ3n) is 6.81. The molecule has 2 amide bonds. The van der Waals surface area contributed by atoms with E-state index in [1.54, 1.807) is 0 Å². The van der Waals surface area contributed by atoms with Gasteiger partial charge in [0.25, 0.3) is 0 Å². The van der Waals surface area contributed by atoms with Gasteiger partial charge in [0.1, 0.15) is 0 Å².